The summed E-state index contributed by atoms with van der Waals surface area (Å²) >= 11 is 3.09. The molecule has 0 aliphatic rings. The highest BCUT2D eigenvalue weighted by atomic mass is 79.9. The highest BCUT2D eigenvalue weighted by Gasteiger charge is 2.11. The number of halogens is 2. The highest BCUT2D eigenvalue weighted by Crippen LogP contribution is 2.22. The molecule has 2 aromatic rings. The average Bonchev–Trinajstić information content (AvgIpc) is 2.70. The average molecular weight is 314 g/mol. The van der Waals surface area contributed by atoms with Crippen molar-refractivity contribution < 1.29 is 14.3 Å². The number of aliphatic carboxylic acids is 1. The number of carbonyl (C=O) groups is 1. The fraction of sp³-hybridized carbons (Fsp3) is 0.182. The second kappa shape index (κ2) is 4.85. The number of hydrogen-bond donors (Lipinski definition) is 1. The highest BCUT2D eigenvalue weighted by molar-refractivity contribution is 9.10. The number of aromatic nitrogens is 3. The predicted molar refractivity (Wildman–Crippen MR) is 65.1 cm³/mol. The maximum atomic E-state index is 13.5. The topological polar surface area (TPSA) is 68.0 Å². The van der Waals surface area contributed by atoms with Crippen LogP contribution in [0.4, 0.5) is 4.39 Å². The van der Waals surface area contributed by atoms with Gasteiger partial charge in [0.2, 0.25) is 0 Å². The summed E-state index contributed by atoms with van der Waals surface area (Å²) < 4.78 is 15.2. The summed E-state index contributed by atoms with van der Waals surface area (Å²) in [7, 11) is 0. The molecule has 2 rings (SSSR count). The van der Waals surface area contributed by atoms with Crippen molar-refractivity contribution in [3.63, 3.8) is 0 Å². The molecule has 0 fully saturated rings. The molecule has 0 bridgehead atoms. The van der Waals surface area contributed by atoms with Crippen LogP contribution in [0.15, 0.2) is 22.8 Å². The lowest BCUT2D eigenvalue weighted by atomic mass is 10.2. The van der Waals surface area contributed by atoms with E-state index < -0.39 is 11.8 Å². The predicted octanol–water partition coefficient (Wildman–Crippen LogP) is 2.10. The van der Waals surface area contributed by atoms with Crippen LogP contribution in [0.3, 0.4) is 0 Å². The maximum absolute atomic E-state index is 13.5. The number of nitrogens with zero attached hydrogens (tertiary/aromatic N) is 3. The van der Waals surface area contributed by atoms with Gasteiger partial charge in [0.1, 0.15) is 5.82 Å². The first-order valence-corrected chi connectivity index (χ1v) is 5.85. The Hall–Kier alpha value is -1.76. The first kappa shape index (κ1) is 12.7. The van der Waals surface area contributed by atoms with Gasteiger partial charge in [-0.05, 0) is 34.5 Å². The van der Waals surface area contributed by atoms with Crippen LogP contribution in [0.2, 0.25) is 0 Å². The van der Waals surface area contributed by atoms with Crippen molar-refractivity contribution in [1.82, 2.24) is 15.0 Å². The first-order valence-electron chi connectivity index (χ1n) is 5.06. The van der Waals surface area contributed by atoms with Crippen molar-refractivity contribution in [2.75, 3.05) is 0 Å². The molecule has 0 aliphatic heterocycles. The van der Waals surface area contributed by atoms with Gasteiger partial charge in [0.05, 0.1) is 28.5 Å². The van der Waals surface area contributed by atoms with Crippen LogP contribution in [0, 0.1) is 12.7 Å². The standard InChI is InChI=1S/C11H9BrFN3O2/c1-6-2-8(12)9(13)4-10(6)16-5-7(14-15-16)3-11(17)18/h2,4-5H,3H2,1H3,(H,17,18). The Morgan fingerprint density at radius 1 is 1.56 bits per heavy atom. The van der Waals surface area contributed by atoms with Gasteiger partial charge in [0, 0.05) is 6.07 Å². The minimum Gasteiger partial charge on any atom is -0.481 e. The largest absolute Gasteiger partial charge is 0.481 e. The molecule has 18 heavy (non-hydrogen) atoms. The van der Waals surface area contributed by atoms with Crippen molar-refractivity contribution >= 4 is 21.9 Å². The lowest BCUT2D eigenvalue weighted by Gasteiger charge is -2.06. The minimum atomic E-state index is -0.985. The summed E-state index contributed by atoms with van der Waals surface area (Å²) in [5, 5.41) is 16.2. The van der Waals surface area contributed by atoms with Crippen molar-refractivity contribution in [2.45, 2.75) is 13.3 Å². The fourth-order valence-corrected chi connectivity index (χ4v) is 1.99. The molecule has 1 N–H and O–H groups in total. The van der Waals surface area contributed by atoms with Gasteiger partial charge in [-0.15, -0.1) is 5.10 Å². The van der Waals surface area contributed by atoms with Gasteiger partial charge in [-0.25, -0.2) is 9.07 Å². The summed E-state index contributed by atoms with van der Waals surface area (Å²) in [4.78, 5) is 10.5. The lowest BCUT2D eigenvalue weighted by molar-refractivity contribution is -0.136. The third-order valence-corrected chi connectivity index (χ3v) is 2.97. The molecule has 0 aliphatic carbocycles. The Balaban J connectivity index is 2.40. The van der Waals surface area contributed by atoms with Gasteiger partial charge in [-0.1, -0.05) is 5.21 Å². The zero-order chi connectivity index (χ0) is 13.3. The van der Waals surface area contributed by atoms with E-state index in [1.54, 1.807) is 13.0 Å². The van der Waals surface area contributed by atoms with Gasteiger partial charge in [0.15, 0.2) is 0 Å². The van der Waals surface area contributed by atoms with Crippen molar-refractivity contribution in [3.05, 3.63) is 39.9 Å². The van der Waals surface area contributed by atoms with Crippen LogP contribution in [0.1, 0.15) is 11.3 Å². The summed E-state index contributed by atoms with van der Waals surface area (Å²) in [6, 6.07) is 2.95. The van der Waals surface area contributed by atoms with Crippen LogP contribution >= 0.6 is 15.9 Å². The van der Waals surface area contributed by atoms with Crippen molar-refractivity contribution in [3.8, 4) is 5.69 Å². The third-order valence-electron chi connectivity index (χ3n) is 2.36. The van der Waals surface area contributed by atoms with Crippen LogP contribution in [0.5, 0.6) is 0 Å². The monoisotopic (exact) mass is 313 g/mol. The quantitative estimate of drug-likeness (QED) is 0.942. The number of benzene rings is 1. The molecule has 1 aromatic heterocycles. The Labute approximate surface area is 110 Å². The summed E-state index contributed by atoms with van der Waals surface area (Å²) in [6.07, 6.45) is 1.27. The van der Waals surface area contributed by atoms with E-state index in [2.05, 4.69) is 26.2 Å². The van der Waals surface area contributed by atoms with E-state index >= 15 is 0 Å². The zero-order valence-corrected chi connectivity index (χ0v) is 11.0. The molecule has 0 unspecified atom stereocenters. The van der Waals surface area contributed by atoms with Crippen LogP contribution < -0.4 is 0 Å². The van der Waals surface area contributed by atoms with Gasteiger partial charge in [-0.3, -0.25) is 4.79 Å². The lowest BCUT2D eigenvalue weighted by Crippen LogP contribution is -2.00. The van der Waals surface area contributed by atoms with E-state index in [1.165, 1.54) is 16.9 Å². The Morgan fingerprint density at radius 3 is 2.94 bits per heavy atom. The number of carboxylic acid groups (broad SMARTS) is 1. The summed E-state index contributed by atoms with van der Waals surface area (Å²) in [6.45, 7) is 1.80. The molecule has 5 nitrogen and oxygen atoms in total. The minimum absolute atomic E-state index is 0.210. The first-order chi connectivity index (χ1) is 8.47. The molecule has 0 spiro atoms. The second-order valence-electron chi connectivity index (χ2n) is 3.78. The zero-order valence-electron chi connectivity index (χ0n) is 9.39. The summed E-state index contributed by atoms with van der Waals surface area (Å²) in [5.74, 6) is -1.40. The SMILES string of the molecule is Cc1cc(Br)c(F)cc1-n1cc(CC(=O)O)nn1. The van der Waals surface area contributed by atoms with E-state index in [0.29, 0.717) is 15.9 Å². The molecule has 1 aromatic carbocycles. The maximum Gasteiger partial charge on any atom is 0.309 e. The number of rotatable bonds is 3. The van der Waals surface area contributed by atoms with Crippen molar-refractivity contribution in [2.24, 2.45) is 0 Å². The molecule has 7 heteroatoms. The molecule has 1 heterocycles. The second-order valence-corrected chi connectivity index (χ2v) is 4.63. The van der Waals surface area contributed by atoms with Crippen molar-refractivity contribution in [1.29, 1.82) is 0 Å². The number of carboxylic acids is 1. The molecular weight excluding hydrogens is 305 g/mol. The van der Waals surface area contributed by atoms with E-state index in [9.17, 15) is 9.18 Å². The van der Waals surface area contributed by atoms with E-state index in [0.717, 1.165) is 5.56 Å². The van der Waals surface area contributed by atoms with E-state index in [-0.39, 0.29) is 6.42 Å². The molecular formula is C11H9BrFN3O2. The van der Waals surface area contributed by atoms with Gasteiger partial charge in [0.25, 0.3) is 0 Å². The number of hydrogen-bond acceptors (Lipinski definition) is 3. The Morgan fingerprint density at radius 2 is 2.28 bits per heavy atom. The van der Waals surface area contributed by atoms with Crippen LogP contribution in [-0.2, 0) is 11.2 Å². The normalized spacial score (nSPS) is 10.6. The molecule has 0 saturated carbocycles. The van der Waals surface area contributed by atoms with Crippen LogP contribution in [-0.4, -0.2) is 26.1 Å². The Bertz CT molecular complexity index is 612. The smallest absolute Gasteiger partial charge is 0.309 e. The van der Waals surface area contributed by atoms with Gasteiger partial charge in [-0.2, -0.15) is 0 Å². The van der Waals surface area contributed by atoms with E-state index in [1.807, 2.05) is 0 Å². The fourth-order valence-electron chi connectivity index (χ4n) is 1.53. The summed E-state index contributed by atoms with van der Waals surface area (Å²) in [5.41, 5.74) is 1.65. The molecule has 94 valence electrons. The molecule has 0 radical (unpaired) electrons. The van der Waals surface area contributed by atoms with Gasteiger partial charge < -0.3 is 5.11 Å². The Kier molecular flexibility index (Phi) is 3.42. The van der Waals surface area contributed by atoms with Gasteiger partial charge >= 0.3 is 5.97 Å². The van der Waals surface area contributed by atoms with Crippen LogP contribution in [0.25, 0.3) is 5.69 Å². The third kappa shape index (κ3) is 2.56. The molecule has 0 amide bonds. The van der Waals surface area contributed by atoms with E-state index in [4.69, 9.17) is 5.11 Å². The molecule has 0 saturated heterocycles. The number of aryl methyl sites for hydroxylation is 1. The molecule has 0 atom stereocenters.